The number of carbonyl (C=O) groups is 1. The normalized spacial score (nSPS) is 13.3. The second kappa shape index (κ2) is 4.73. The fourth-order valence-electron chi connectivity index (χ4n) is 1.24. The van der Waals surface area contributed by atoms with Crippen molar-refractivity contribution in [2.45, 2.75) is 26.1 Å². The third kappa shape index (κ3) is 3.44. The molecule has 2 nitrogen and oxygen atoms in total. The van der Waals surface area contributed by atoms with Crippen LogP contribution < -0.4 is 5.32 Å². The molecule has 1 unspecified atom stereocenters. The van der Waals surface area contributed by atoms with Crippen LogP contribution in [0, 0.1) is 12.7 Å². The Labute approximate surface area is 95.6 Å². The number of aryl methyl sites for hydroxylation is 1. The number of carbonyl (C=O) groups excluding carboxylic acids is 1. The molecule has 94 valence electrons. The lowest BCUT2D eigenvalue weighted by Gasteiger charge is -2.16. The lowest BCUT2D eigenvalue weighted by molar-refractivity contribution is -0.174. The summed E-state index contributed by atoms with van der Waals surface area (Å²) in [6, 6.07) is 3.12. The highest BCUT2D eigenvalue weighted by Gasteiger charge is 2.39. The zero-order chi connectivity index (χ0) is 13.2. The molecule has 0 heterocycles. The van der Waals surface area contributed by atoms with E-state index in [2.05, 4.69) is 0 Å². The van der Waals surface area contributed by atoms with Gasteiger partial charge in [-0.15, -0.1) is 0 Å². The van der Waals surface area contributed by atoms with E-state index in [9.17, 15) is 22.4 Å². The summed E-state index contributed by atoms with van der Waals surface area (Å²) in [5.74, 6) is -2.55. The molecule has 1 atom stereocenters. The molecular weight excluding hydrogens is 238 g/mol. The number of nitrogens with one attached hydrogen (secondary N) is 1. The summed E-state index contributed by atoms with van der Waals surface area (Å²) in [4.78, 5) is 10.7. The Bertz CT molecular complexity index is 428. The van der Waals surface area contributed by atoms with Gasteiger partial charge in [-0.05, 0) is 31.0 Å². The summed E-state index contributed by atoms with van der Waals surface area (Å²) in [6.45, 7) is 2.89. The van der Waals surface area contributed by atoms with Crippen LogP contribution in [0.1, 0.15) is 24.1 Å². The lowest BCUT2D eigenvalue weighted by Crippen LogP contribution is -2.38. The lowest BCUT2D eigenvalue weighted by atomic mass is 10.1. The van der Waals surface area contributed by atoms with Gasteiger partial charge in [-0.1, -0.05) is 12.1 Å². The van der Waals surface area contributed by atoms with Crippen molar-refractivity contribution in [3.8, 4) is 0 Å². The van der Waals surface area contributed by atoms with Gasteiger partial charge in [0, 0.05) is 0 Å². The van der Waals surface area contributed by atoms with Crippen LogP contribution in [0.4, 0.5) is 17.6 Å². The molecule has 1 aromatic rings. The van der Waals surface area contributed by atoms with Crippen LogP contribution in [0.15, 0.2) is 18.2 Å². The van der Waals surface area contributed by atoms with Crippen LogP contribution in [0.5, 0.6) is 0 Å². The van der Waals surface area contributed by atoms with Crippen LogP contribution in [-0.4, -0.2) is 12.1 Å². The van der Waals surface area contributed by atoms with Crippen LogP contribution in [0.2, 0.25) is 0 Å². The summed E-state index contributed by atoms with van der Waals surface area (Å²) >= 11 is 0. The van der Waals surface area contributed by atoms with Gasteiger partial charge in [-0.3, -0.25) is 4.79 Å². The van der Waals surface area contributed by atoms with Gasteiger partial charge >= 0.3 is 12.1 Å². The van der Waals surface area contributed by atoms with Crippen molar-refractivity contribution in [2.75, 3.05) is 0 Å². The van der Waals surface area contributed by atoms with Gasteiger partial charge < -0.3 is 5.32 Å². The van der Waals surface area contributed by atoms with E-state index in [-0.39, 0.29) is 5.56 Å². The Morgan fingerprint density at radius 1 is 1.35 bits per heavy atom. The summed E-state index contributed by atoms with van der Waals surface area (Å²) in [6.07, 6.45) is -4.93. The van der Waals surface area contributed by atoms with Crippen molar-refractivity contribution < 1.29 is 22.4 Å². The Morgan fingerprint density at radius 3 is 2.41 bits per heavy atom. The Kier molecular flexibility index (Phi) is 3.75. The maximum absolute atomic E-state index is 13.2. The molecule has 1 aromatic carbocycles. The van der Waals surface area contributed by atoms with E-state index in [1.165, 1.54) is 26.0 Å². The molecule has 1 rings (SSSR count). The smallest absolute Gasteiger partial charge is 0.342 e. The van der Waals surface area contributed by atoms with Gasteiger partial charge in [0.2, 0.25) is 0 Å². The van der Waals surface area contributed by atoms with E-state index in [4.69, 9.17) is 0 Å². The monoisotopic (exact) mass is 249 g/mol. The van der Waals surface area contributed by atoms with Crippen molar-refractivity contribution in [2.24, 2.45) is 0 Å². The minimum atomic E-state index is -4.93. The molecule has 1 amide bonds. The first-order valence-corrected chi connectivity index (χ1v) is 4.85. The molecule has 0 saturated heterocycles. The zero-order valence-electron chi connectivity index (χ0n) is 9.23. The van der Waals surface area contributed by atoms with Gasteiger partial charge in [-0.25, -0.2) is 4.39 Å². The number of hydrogen-bond acceptors (Lipinski definition) is 1. The number of amides is 1. The first-order chi connectivity index (χ1) is 7.71. The Hall–Kier alpha value is -1.59. The predicted octanol–water partition coefficient (Wildman–Crippen LogP) is 2.87. The second-order valence-corrected chi connectivity index (χ2v) is 3.70. The Morgan fingerprint density at radius 2 is 1.94 bits per heavy atom. The number of hydrogen-bond donors (Lipinski definition) is 1. The molecule has 17 heavy (non-hydrogen) atoms. The average molecular weight is 249 g/mol. The molecular formula is C11H11F4NO. The highest BCUT2D eigenvalue weighted by Crippen LogP contribution is 2.20. The third-order valence-corrected chi connectivity index (χ3v) is 2.30. The molecule has 1 N–H and O–H groups in total. The molecule has 0 radical (unpaired) electrons. The fourth-order valence-corrected chi connectivity index (χ4v) is 1.24. The summed E-state index contributed by atoms with van der Waals surface area (Å²) in [7, 11) is 0. The quantitative estimate of drug-likeness (QED) is 0.802. The van der Waals surface area contributed by atoms with E-state index in [0.29, 0.717) is 5.56 Å². The van der Waals surface area contributed by atoms with Crippen molar-refractivity contribution >= 4 is 5.91 Å². The average Bonchev–Trinajstić information content (AvgIpc) is 2.20. The molecule has 0 aliphatic heterocycles. The van der Waals surface area contributed by atoms with E-state index >= 15 is 0 Å². The number of halogens is 4. The minimum Gasteiger partial charge on any atom is -0.342 e. The second-order valence-electron chi connectivity index (χ2n) is 3.70. The topological polar surface area (TPSA) is 29.1 Å². The molecule has 0 aromatic heterocycles. The van der Waals surface area contributed by atoms with Crippen LogP contribution in [-0.2, 0) is 4.79 Å². The molecule has 0 spiro atoms. The first-order valence-electron chi connectivity index (χ1n) is 4.85. The number of rotatable bonds is 2. The van der Waals surface area contributed by atoms with Crippen LogP contribution >= 0.6 is 0 Å². The summed E-state index contributed by atoms with van der Waals surface area (Å²) in [5, 5.41) is 1.75. The van der Waals surface area contributed by atoms with Gasteiger partial charge in [0.15, 0.2) is 0 Å². The van der Waals surface area contributed by atoms with E-state index in [1.54, 1.807) is 5.32 Å². The number of alkyl halides is 3. The number of benzene rings is 1. The highest BCUT2D eigenvalue weighted by molar-refractivity contribution is 5.82. The highest BCUT2D eigenvalue weighted by atomic mass is 19.4. The van der Waals surface area contributed by atoms with Gasteiger partial charge in [-0.2, -0.15) is 13.2 Å². The predicted molar refractivity (Wildman–Crippen MR) is 53.7 cm³/mol. The van der Waals surface area contributed by atoms with E-state index in [0.717, 1.165) is 6.07 Å². The summed E-state index contributed by atoms with van der Waals surface area (Å²) < 4.78 is 49.1. The van der Waals surface area contributed by atoms with Crippen molar-refractivity contribution in [1.29, 1.82) is 0 Å². The molecule has 0 aliphatic rings. The van der Waals surface area contributed by atoms with Gasteiger partial charge in [0.25, 0.3) is 0 Å². The standard InChI is InChI=1S/C11H11F4NO/c1-6-3-4-8(5-9(6)12)7(2)16-10(17)11(13,14)15/h3-5,7H,1-2H3,(H,16,17). The van der Waals surface area contributed by atoms with E-state index < -0.39 is 23.9 Å². The van der Waals surface area contributed by atoms with E-state index in [1.807, 2.05) is 0 Å². The maximum Gasteiger partial charge on any atom is 0.471 e. The van der Waals surface area contributed by atoms with Crippen molar-refractivity contribution in [3.05, 3.63) is 35.1 Å². The molecule has 0 fully saturated rings. The van der Waals surface area contributed by atoms with Crippen molar-refractivity contribution in [1.82, 2.24) is 5.32 Å². The zero-order valence-corrected chi connectivity index (χ0v) is 9.23. The third-order valence-electron chi connectivity index (χ3n) is 2.30. The van der Waals surface area contributed by atoms with Crippen molar-refractivity contribution in [3.63, 3.8) is 0 Å². The largest absolute Gasteiger partial charge is 0.471 e. The minimum absolute atomic E-state index is 0.283. The summed E-state index contributed by atoms with van der Waals surface area (Å²) in [5.41, 5.74) is 0.675. The van der Waals surface area contributed by atoms with Gasteiger partial charge in [0.1, 0.15) is 5.82 Å². The van der Waals surface area contributed by atoms with Gasteiger partial charge in [0.05, 0.1) is 6.04 Å². The molecule has 0 bridgehead atoms. The molecule has 6 heteroatoms. The molecule has 0 aliphatic carbocycles. The Balaban J connectivity index is 2.80. The SMILES string of the molecule is Cc1ccc(C(C)NC(=O)C(F)(F)F)cc1F. The van der Waals surface area contributed by atoms with Crippen LogP contribution in [0.3, 0.4) is 0 Å². The fraction of sp³-hybridized carbons (Fsp3) is 0.364. The van der Waals surface area contributed by atoms with Crippen LogP contribution in [0.25, 0.3) is 0 Å². The maximum atomic E-state index is 13.2. The first kappa shape index (κ1) is 13.5. The molecule has 0 saturated carbocycles.